The van der Waals surface area contributed by atoms with Crippen molar-refractivity contribution in [2.24, 2.45) is 5.73 Å². The van der Waals surface area contributed by atoms with Crippen LogP contribution < -0.4 is 10.6 Å². The summed E-state index contributed by atoms with van der Waals surface area (Å²) < 4.78 is 0. The first-order chi connectivity index (χ1) is 9.25. The number of rotatable bonds is 2. The van der Waals surface area contributed by atoms with E-state index in [9.17, 15) is 0 Å². The van der Waals surface area contributed by atoms with Crippen LogP contribution in [0.25, 0.3) is 10.9 Å². The molecule has 0 aliphatic carbocycles. The predicted molar refractivity (Wildman–Crippen MR) is 78.8 cm³/mol. The van der Waals surface area contributed by atoms with Crippen LogP contribution in [0.2, 0.25) is 0 Å². The first kappa shape index (κ1) is 12.0. The smallest absolute Gasteiger partial charge is 0.129 e. The summed E-state index contributed by atoms with van der Waals surface area (Å²) in [5.74, 6) is 1.06. The summed E-state index contributed by atoms with van der Waals surface area (Å²) in [4.78, 5) is 7.01. The van der Waals surface area contributed by atoms with E-state index < -0.39 is 0 Å². The molecular weight excluding hydrogens is 236 g/mol. The van der Waals surface area contributed by atoms with Crippen molar-refractivity contribution < 1.29 is 0 Å². The second kappa shape index (κ2) is 4.88. The molecule has 2 aromatic rings. The van der Waals surface area contributed by atoms with Crippen LogP contribution in [0.3, 0.4) is 0 Å². The van der Waals surface area contributed by atoms with Crippen molar-refractivity contribution in [2.45, 2.75) is 19.3 Å². The highest BCUT2D eigenvalue weighted by atomic mass is 15.2. The first-order valence-electron chi connectivity index (χ1n) is 6.75. The fraction of sp³-hybridized carbons (Fsp3) is 0.333. The Morgan fingerprint density at radius 1 is 1.16 bits per heavy atom. The molecule has 4 heteroatoms. The van der Waals surface area contributed by atoms with E-state index in [-0.39, 0.29) is 5.84 Å². The monoisotopic (exact) mass is 254 g/mol. The minimum Gasteiger partial charge on any atom is -0.384 e. The molecule has 1 fully saturated rings. The number of anilines is 1. The lowest BCUT2D eigenvalue weighted by Gasteiger charge is -2.28. The number of hydrogen-bond donors (Lipinski definition) is 2. The number of nitrogens with zero attached hydrogens (tertiary/aromatic N) is 2. The average molecular weight is 254 g/mol. The van der Waals surface area contributed by atoms with Gasteiger partial charge in [-0.05, 0) is 31.4 Å². The van der Waals surface area contributed by atoms with Gasteiger partial charge in [-0.25, -0.2) is 4.98 Å². The van der Waals surface area contributed by atoms with Gasteiger partial charge in [-0.2, -0.15) is 0 Å². The number of nitrogens with two attached hydrogens (primary N) is 1. The zero-order valence-electron chi connectivity index (χ0n) is 10.9. The van der Waals surface area contributed by atoms with Crippen molar-refractivity contribution in [3.8, 4) is 0 Å². The zero-order valence-corrected chi connectivity index (χ0v) is 10.9. The molecule has 0 bridgehead atoms. The summed E-state index contributed by atoms with van der Waals surface area (Å²) in [5.41, 5.74) is 7.41. The molecular formula is C15H18N4. The maximum absolute atomic E-state index is 7.76. The lowest BCUT2D eigenvalue weighted by Crippen LogP contribution is -2.30. The van der Waals surface area contributed by atoms with Crippen molar-refractivity contribution in [3.63, 3.8) is 0 Å². The van der Waals surface area contributed by atoms with E-state index in [4.69, 9.17) is 16.1 Å². The number of nitrogen functional groups attached to an aromatic ring is 1. The third-order valence-electron chi connectivity index (χ3n) is 3.67. The molecule has 0 spiro atoms. The molecule has 0 unspecified atom stereocenters. The Morgan fingerprint density at radius 3 is 2.63 bits per heavy atom. The second-order valence-electron chi connectivity index (χ2n) is 5.01. The van der Waals surface area contributed by atoms with E-state index in [1.807, 2.05) is 30.3 Å². The topological polar surface area (TPSA) is 66.0 Å². The SMILES string of the molecule is N=C(N)c1cc(N2CCCCC2)nc2ccccc12. The highest BCUT2D eigenvalue weighted by molar-refractivity contribution is 6.07. The minimum absolute atomic E-state index is 0.108. The number of fused-ring (bicyclic) bond motifs is 1. The van der Waals surface area contributed by atoms with Crippen LogP contribution in [0.15, 0.2) is 30.3 Å². The Bertz CT molecular complexity index is 615. The van der Waals surface area contributed by atoms with Gasteiger partial charge in [0.05, 0.1) is 5.52 Å². The van der Waals surface area contributed by atoms with Crippen LogP contribution in [-0.4, -0.2) is 23.9 Å². The lowest BCUT2D eigenvalue weighted by molar-refractivity contribution is 0.574. The molecule has 1 aliphatic heterocycles. The van der Waals surface area contributed by atoms with E-state index >= 15 is 0 Å². The molecule has 0 radical (unpaired) electrons. The van der Waals surface area contributed by atoms with Crippen molar-refractivity contribution in [3.05, 3.63) is 35.9 Å². The minimum atomic E-state index is 0.108. The fourth-order valence-electron chi connectivity index (χ4n) is 2.67. The maximum Gasteiger partial charge on any atom is 0.129 e. The quantitative estimate of drug-likeness (QED) is 0.639. The van der Waals surface area contributed by atoms with E-state index in [2.05, 4.69) is 4.90 Å². The molecule has 2 heterocycles. The van der Waals surface area contributed by atoms with Crippen LogP contribution in [0.4, 0.5) is 5.82 Å². The number of para-hydroxylation sites is 1. The van der Waals surface area contributed by atoms with Gasteiger partial charge in [0.1, 0.15) is 11.7 Å². The summed E-state index contributed by atoms with van der Waals surface area (Å²) in [7, 11) is 0. The van der Waals surface area contributed by atoms with E-state index in [1.165, 1.54) is 19.3 Å². The number of hydrogen-bond acceptors (Lipinski definition) is 3. The molecule has 1 aliphatic rings. The Balaban J connectivity index is 2.12. The molecule has 19 heavy (non-hydrogen) atoms. The highest BCUT2D eigenvalue weighted by Gasteiger charge is 2.15. The van der Waals surface area contributed by atoms with Crippen molar-refractivity contribution in [1.82, 2.24) is 4.98 Å². The van der Waals surface area contributed by atoms with Gasteiger partial charge in [0.25, 0.3) is 0 Å². The van der Waals surface area contributed by atoms with E-state index in [0.29, 0.717) is 0 Å². The first-order valence-corrected chi connectivity index (χ1v) is 6.75. The summed E-state index contributed by atoms with van der Waals surface area (Å²) in [6.45, 7) is 2.09. The Labute approximate surface area is 112 Å². The summed E-state index contributed by atoms with van der Waals surface area (Å²) in [6.07, 6.45) is 3.72. The normalized spacial score (nSPS) is 15.7. The van der Waals surface area contributed by atoms with Gasteiger partial charge in [0.15, 0.2) is 0 Å². The number of nitrogens with one attached hydrogen (secondary N) is 1. The molecule has 3 rings (SSSR count). The molecule has 1 saturated heterocycles. The Hall–Kier alpha value is -2.10. The number of piperidine rings is 1. The summed E-state index contributed by atoms with van der Waals surface area (Å²) in [5, 5.41) is 8.71. The molecule has 4 nitrogen and oxygen atoms in total. The van der Waals surface area contributed by atoms with Gasteiger partial charge in [0, 0.05) is 24.0 Å². The van der Waals surface area contributed by atoms with Gasteiger partial charge >= 0.3 is 0 Å². The van der Waals surface area contributed by atoms with Crippen LogP contribution in [-0.2, 0) is 0 Å². The fourth-order valence-corrected chi connectivity index (χ4v) is 2.67. The Morgan fingerprint density at radius 2 is 1.89 bits per heavy atom. The maximum atomic E-state index is 7.76. The second-order valence-corrected chi connectivity index (χ2v) is 5.01. The van der Waals surface area contributed by atoms with Gasteiger partial charge in [-0.3, -0.25) is 5.41 Å². The standard InChI is InChI=1S/C15H18N4/c16-15(17)12-10-14(19-8-4-1-5-9-19)18-13-7-3-2-6-11(12)13/h2-3,6-7,10H,1,4-5,8-9H2,(H3,16,17). The van der Waals surface area contributed by atoms with E-state index in [0.717, 1.165) is 35.4 Å². The summed E-state index contributed by atoms with van der Waals surface area (Å²) in [6, 6.07) is 9.83. The number of pyridine rings is 1. The predicted octanol–water partition coefficient (Wildman–Crippen LogP) is 2.51. The summed E-state index contributed by atoms with van der Waals surface area (Å²) >= 11 is 0. The van der Waals surface area contributed by atoms with Gasteiger partial charge in [0.2, 0.25) is 0 Å². The Kier molecular flexibility index (Phi) is 3.07. The molecule has 0 saturated carbocycles. The van der Waals surface area contributed by atoms with Gasteiger partial charge in [-0.15, -0.1) is 0 Å². The van der Waals surface area contributed by atoms with Crippen molar-refractivity contribution in [1.29, 1.82) is 5.41 Å². The number of benzene rings is 1. The van der Waals surface area contributed by atoms with Crippen LogP contribution in [0.1, 0.15) is 24.8 Å². The largest absolute Gasteiger partial charge is 0.384 e. The molecule has 98 valence electrons. The molecule has 3 N–H and O–H groups in total. The lowest BCUT2D eigenvalue weighted by atomic mass is 10.1. The zero-order chi connectivity index (χ0) is 13.2. The highest BCUT2D eigenvalue weighted by Crippen LogP contribution is 2.24. The van der Waals surface area contributed by atoms with Crippen LogP contribution in [0, 0.1) is 5.41 Å². The molecule has 0 amide bonds. The molecule has 0 atom stereocenters. The van der Waals surface area contributed by atoms with Crippen LogP contribution in [0.5, 0.6) is 0 Å². The van der Waals surface area contributed by atoms with Crippen LogP contribution >= 0.6 is 0 Å². The van der Waals surface area contributed by atoms with E-state index in [1.54, 1.807) is 0 Å². The third-order valence-corrected chi connectivity index (χ3v) is 3.67. The van der Waals surface area contributed by atoms with Gasteiger partial charge in [-0.1, -0.05) is 18.2 Å². The van der Waals surface area contributed by atoms with Gasteiger partial charge < -0.3 is 10.6 Å². The third kappa shape index (κ3) is 2.26. The molecule has 1 aromatic carbocycles. The van der Waals surface area contributed by atoms with Crippen molar-refractivity contribution in [2.75, 3.05) is 18.0 Å². The average Bonchev–Trinajstić information content (AvgIpc) is 2.47. The number of aromatic nitrogens is 1. The number of amidine groups is 1. The van der Waals surface area contributed by atoms with Crippen molar-refractivity contribution >= 4 is 22.6 Å². The molecule has 1 aromatic heterocycles.